The average molecular weight is 254 g/mol. The third kappa shape index (κ3) is 2.96. The second-order valence-electron chi connectivity index (χ2n) is 3.79. The molecule has 0 saturated carbocycles. The van der Waals surface area contributed by atoms with E-state index in [1.165, 1.54) is 5.56 Å². The first kappa shape index (κ1) is 11.5. The SMILES string of the molecule is C=C(C)C[C@H](N)c1ccc(C)cc1Br. The Balaban J connectivity index is 2.90. The van der Waals surface area contributed by atoms with E-state index < -0.39 is 0 Å². The molecule has 0 heterocycles. The fraction of sp³-hybridized carbons (Fsp3) is 0.333. The lowest BCUT2D eigenvalue weighted by Crippen LogP contribution is -2.11. The Bertz CT molecular complexity index is 344. The predicted octanol–water partition coefficient (Wildman–Crippen LogP) is 3.72. The molecule has 0 radical (unpaired) electrons. The Kier molecular flexibility index (Phi) is 3.90. The average Bonchev–Trinajstić information content (AvgIpc) is 2.01. The van der Waals surface area contributed by atoms with Crippen molar-refractivity contribution in [2.75, 3.05) is 0 Å². The van der Waals surface area contributed by atoms with Crippen LogP contribution in [0.3, 0.4) is 0 Å². The molecule has 1 nitrogen and oxygen atoms in total. The molecule has 2 N–H and O–H groups in total. The summed E-state index contributed by atoms with van der Waals surface area (Å²) >= 11 is 3.53. The van der Waals surface area contributed by atoms with E-state index in [1.54, 1.807) is 0 Å². The molecule has 0 saturated heterocycles. The van der Waals surface area contributed by atoms with Crippen LogP contribution in [0, 0.1) is 6.92 Å². The highest BCUT2D eigenvalue weighted by molar-refractivity contribution is 9.10. The minimum Gasteiger partial charge on any atom is -0.324 e. The van der Waals surface area contributed by atoms with Gasteiger partial charge in [0, 0.05) is 10.5 Å². The molecule has 0 spiro atoms. The van der Waals surface area contributed by atoms with Gasteiger partial charge in [0.25, 0.3) is 0 Å². The molecule has 0 amide bonds. The van der Waals surface area contributed by atoms with E-state index in [4.69, 9.17) is 5.73 Å². The molecule has 0 fully saturated rings. The van der Waals surface area contributed by atoms with Crippen LogP contribution in [0.1, 0.15) is 30.5 Å². The summed E-state index contributed by atoms with van der Waals surface area (Å²) in [6.07, 6.45) is 0.835. The van der Waals surface area contributed by atoms with Gasteiger partial charge in [-0.25, -0.2) is 0 Å². The van der Waals surface area contributed by atoms with Gasteiger partial charge in [-0.1, -0.05) is 33.6 Å². The Morgan fingerprint density at radius 2 is 2.21 bits per heavy atom. The molecule has 1 aromatic carbocycles. The summed E-state index contributed by atoms with van der Waals surface area (Å²) in [5.74, 6) is 0. The number of benzene rings is 1. The summed E-state index contributed by atoms with van der Waals surface area (Å²) in [6, 6.07) is 6.29. The standard InChI is InChI=1S/C12H16BrN/c1-8(2)6-12(14)10-5-4-9(3)7-11(10)13/h4-5,7,12H,1,6,14H2,2-3H3/t12-/m0/s1. The molecule has 0 aliphatic rings. The molecule has 14 heavy (non-hydrogen) atoms. The van der Waals surface area contributed by atoms with Crippen LogP contribution in [0.2, 0.25) is 0 Å². The molecule has 1 atom stereocenters. The molecular weight excluding hydrogens is 238 g/mol. The van der Waals surface area contributed by atoms with Crippen LogP contribution in [0.4, 0.5) is 0 Å². The van der Waals surface area contributed by atoms with Crippen molar-refractivity contribution < 1.29 is 0 Å². The fourth-order valence-corrected chi connectivity index (χ4v) is 2.21. The van der Waals surface area contributed by atoms with E-state index in [0.29, 0.717) is 0 Å². The lowest BCUT2D eigenvalue weighted by molar-refractivity contribution is 0.713. The summed E-state index contributed by atoms with van der Waals surface area (Å²) in [5.41, 5.74) is 9.56. The van der Waals surface area contributed by atoms with Crippen LogP contribution in [0.15, 0.2) is 34.8 Å². The minimum atomic E-state index is 0.0440. The number of rotatable bonds is 3. The fourth-order valence-electron chi connectivity index (χ4n) is 1.42. The van der Waals surface area contributed by atoms with E-state index in [2.05, 4.69) is 47.6 Å². The summed E-state index contributed by atoms with van der Waals surface area (Å²) in [4.78, 5) is 0. The van der Waals surface area contributed by atoms with Crippen LogP contribution < -0.4 is 5.73 Å². The van der Waals surface area contributed by atoms with Crippen molar-refractivity contribution in [3.8, 4) is 0 Å². The van der Waals surface area contributed by atoms with E-state index in [0.717, 1.165) is 22.0 Å². The largest absolute Gasteiger partial charge is 0.324 e. The molecular formula is C12H16BrN. The highest BCUT2D eigenvalue weighted by Crippen LogP contribution is 2.26. The first-order valence-corrected chi connectivity index (χ1v) is 5.46. The number of halogens is 1. The molecule has 0 aliphatic heterocycles. The van der Waals surface area contributed by atoms with Crippen molar-refractivity contribution in [3.63, 3.8) is 0 Å². The Labute approximate surface area is 94.1 Å². The summed E-state index contributed by atoms with van der Waals surface area (Å²) in [5, 5.41) is 0. The topological polar surface area (TPSA) is 26.0 Å². The van der Waals surface area contributed by atoms with Crippen molar-refractivity contribution in [1.29, 1.82) is 0 Å². The maximum absolute atomic E-state index is 6.06. The molecule has 76 valence electrons. The lowest BCUT2D eigenvalue weighted by Gasteiger charge is -2.14. The minimum absolute atomic E-state index is 0.0440. The van der Waals surface area contributed by atoms with E-state index in [-0.39, 0.29) is 6.04 Å². The number of hydrogen-bond acceptors (Lipinski definition) is 1. The van der Waals surface area contributed by atoms with Crippen molar-refractivity contribution in [2.45, 2.75) is 26.3 Å². The quantitative estimate of drug-likeness (QED) is 0.817. The van der Waals surface area contributed by atoms with Gasteiger partial charge in [-0.15, -0.1) is 6.58 Å². The Morgan fingerprint density at radius 1 is 1.57 bits per heavy atom. The molecule has 2 heteroatoms. The van der Waals surface area contributed by atoms with Crippen LogP contribution in [0.25, 0.3) is 0 Å². The maximum Gasteiger partial charge on any atom is 0.0343 e. The predicted molar refractivity (Wildman–Crippen MR) is 65.2 cm³/mol. The van der Waals surface area contributed by atoms with Gasteiger partial charge in [0.1, 0.15) is 0 Å². The van der Waals surface area contributed by atoms with Gasteiger partial charge in [-0.2, -0.15) is 0 Å². The molecule has 1 aromatic rings. The van der Waals surface area contributed by atoms with E-state index in [9.17, 15) is 0 Å². The van der Waals surface area contributed by atoms with Gasteiger partial charge in [0.2, 0.25) is 0 Å². The zero-order chi connectivity index (χ0) is 10.7. The first-order valence-electron chi connectivity index (χ1n) is 4.66. The summed E-state index contributed by atoms with van der Waals surface area (Å²) < 4.78 is 1.09. The Morgan fingerprint density at radius 3 is 2.71 bits per heavy atom. The number of nitrogens with two attached hydrogens (primary N) is 1. The zero-order valence-electron chi connectivity index (χ0n) is 8.68. The van der Waals surface area contributed by atoms with E-state index in [1.807, 2.05) is 6.92 Å². The smallest absolute Gasteiger partial charge is 0.0343 e. The van der Waals surface area contributed by atoms with Gasteiger partial charge >= 0.3 is 0 Å². The Hall–Kier alpha value is -0.600. The third-order valence-corrected chi connectivity index (χ3v) is 2.81. The van der Waals surface area contributed by atoms with Crippen molar-refractivity contribution >= 4 is 15.9 Å². The van der Waals surface area contributed by atoms with Gasteiger partial charge < -0.3 is 5.73 Å². The molecule has 0 aromatic heterocycles. The van der Waals surface area contributed by atoms with Gasteiger partial charge in [-0.3, -0.25) is 0 Å². The van der Waals surface area contributed by atoms with Gasteiger partial charge in [0.05, 0.1) is 0 Å². The maximum atomic E-state index is 6.06. The normalized spacial score (nSPS) is 12.6. The first-order chi connectivity index (χ1) is 6.50. The van der Waals surface area contributed by atoms with Crippen molar-refractivity contribution in [1.82, 2.24) is 0 Å². The highest BCUT2D eigenvalue weighted by atomic mass is 79.9. The zero-order valence-corrected chi connectivity index (χ0v) is 10.3. The van der Waals surface area contributed by atoms with Crippen LogP contribution >= 0.6 is 15.9 Å². The van der Waals surface area contributed by atoms with Crippen molar-refractivity contribution in [3.05, 3.63) is 46.0 Å². The number of aryl methyl sites for hydroxylation is 1. The summed E-state index contributed by atoms with van der Waals surface area (Å²) in [6.45, 7) is 7.94. The van der Waals surface area contributed by atoms with Gasteiger partial charge in [-0.05, 0) is 37.5 Å². The second-order valence-corrected chi connectivity index (χ2v) is 4.65. The molecule has 0 aliphatic carbocycles. The second kappa shape index (κ2) is 4.76. The third-order valence-electron chi connectivity index (χ3n) is 2.12. The van der Waals surface area contributed by atoms with E-state index >= 15 is 0 Å². The lowest BCUT2D eigenvalue weighted by atomic mass is 10.0. The molecule has 0 bridgehead atoms. The number of hydrogen-bond donors (Lipinski definition) is 1. The highest BCUT2D eigenvalue weighted by Gasteiger charge is 2.09. The van der Waals surface area contributed by atoms with Crippen LogP contribution in [-0.4, -0.2) is 0 Å². The van der Waals surface area contributed by atoms with Crippen molar-refractivity contribution in [2.24, 2.45) is 5.73 Å². The van der Waals surface area contributed by atoms with Gasteiger partial charge in [0.15, 0.2) is 0 Å². The monoisotopic (exact) mass is 253 g/mol. The van der Waals surface area contributed by atoms with Crippen LogP contribution in [-0.2, 0) is 0 Å². The molecule has 1 rings (SSSR count). The molecule has 0 unspecified atom stereocenters. The van der Waals surface area contributed by atoms with Crippen LogP contribution in [0.5, 0.6) is 0 Å². The summed E-state index contributed by atoms with van der Waals surface area (Å²) in [7, 11) is 0.